The number of urea groups is 1. The van der Waals surface area contributed by atoms with E-state index in [1.807, 2.05) is 4.90 Å². The quantitative estimate of drug-likeness (QED) is 0.869. The Labute approximate surface area is 157 Å². The van der Waals surface area contributed by atoms with Gasteiger partial charge in [0, 0.05) is 45.2 Å². The minimum atomic E-state index is 0.0794. The van der Waals surface area contributed by atoms with Gasteiger partial charge in [-0.3, -0.25) is 4.90 Å². The predicted molar refractivity (Wildman–Crippen MR) is 104 cm³/mol. The molecule has 8 heteroatoms. The van der Waals surface area contributed by atoms with E-state index in [9.17, 15) is 4.79 Å². The average Bonchev–Trinajstić information content (AvgIpc) is 3.00. The fourth-order valence-electron chi connectivity index (χ4n) is 3.88. The largest absolute Gasteiger partial charge is 0.383 e. The summed E-state index contributed by atoms with van der Waals surface area (Å²) >= 11 is 1.79. The van der Waals surface area contributed by atoms with Crippen LogP contribution in [0.5, 0.6) is 0 Å². The first-order valence-electron chi connectivity index (χ1n) is 9.28. The zero-order valence-electron chi connectivity index (χ0n) is 15.5. The molecule has 1 fully saturated rings. The Morgan fingerprint density at radius 1 is 1.15 bits per heavy atom. The lowest BCUT2D eigenvalue weighted by Gasteiger charge is -2.35. The van der Waals surface area contributed by atoms with Crippen LogP contribution in [0.2, 0.25) is 0 Å². The van der Waals surface area contributed by atoms with Gasteiger partial charge in [-0.1, -0.05) is 0 Å². The first-order chi connectivity index (χ1) is 12.5. The molecule has 7 nitrogen and oxygen atoms in total. The van der Waals surface area contributed by atoms with Crippen LogP contribution in [0.25, 0.3) is 10.2 Å². The summed E-state index contributed by atoms with van der Waals surface area (Å²) in [6.07, 6.45) is 4.74. The van der Waals surface area contributed by atoms with E-state index in [4.69, 9.17) is 10.7 Å². The molecule has 26 heavy (non-hydrogen) atoms. The smallest absolute Gasteiger partial charge is 0.319 e. The van der Waals surface area contributed by atoms with Crippen LogP contribution in [-0.4, -0.2) is 71.0 Å². The van der Waals surface area contributed by atoms with Gasteiger partial charge in [0.1, 0.15) is 16.5 Å². The number of nitrogens with two attached hydrogens (primary N) is 1. The van der Waals surface area contributed by atoms with Crippen LogP contribution in [0, 0.1) is 0 Å². The molecule has 0 atom stereocenters. The molecule has 4 rings (SSSR count). The maximum absolute atomic E-state index is 12.0. The van der Waals surface area contributed by atoms with Crippen LogP contribution >= 0.6 is 11.3 Å². The zero-order chi connectivity index (χ0) is 18.3. The number of nitrogens with zero attached hydrogens (tertiary/aromatic N) is 5. The molecule has 2 aliphatic rings. The van der Waals surface area contributed by atoms with Gasteiger partial charge in [-0.25, -0.2) is 14.8 Å². The predicted octanol–water partition coefficient (Wildman–Crippen LogP) is 1.95. The number of amides is 2. The molecule has 0 aromatic carbocycles. The number of aryl methyl sites for hydroxylation is 2. The van der Waals surface area contributed by atoms with Gasteiger partial charge >= 0.3 is 6.03 Å². The second-order valence-corrected chi connectivity index (χ2v) is 8.44. The standard InChI is InChI=1S/C18H26N6OS/c1-22(2)18(25)24-9-7-23(8-10-24)11-14-20-16(19)15-12-5-3-4-6-13(12)26-17(15)21-14/h3-11H2,1-2H3,(H2,19,20,21). The molecule has 2 amide bonds. The second-order valence-electron chi connectivity index (χ2n) is 7.36. The second kappa shape index (κ2) is 7.00. The maximum Gasteiger partial charge on any atom is 0.319 e. The topological polar surface area (TPSA) is 78.6 Å². The van der Waals surface area contributed by atoms with Gasteiger partial charge in [0.2, 0.25) is 0 Å². The highest BCUT2D eigenvalue weighted by Crippen LogP contribution is 2.37. The summed E-state index contributed by atoms with van der Waals surface area (Å²) in [5.41, 5.74) is 7.69. The molecule has 0 saturated carbocycles. The molecule has 0 spiro atoms. The summed E-state index contributed by atoms with van der Waals surface area (Å²) < 4.78 is 0. The van der Waals surface area contributed by atoms with Crippen LogP contribution in [0.3, 0.4) is 0 Å². The van der Waals surface area contributed by atoms with Crippen LogP contribution in [0.15, 0.2) is 0 Å². The molecular weight excluding hydrogens is 348 g/mol. The van der Waals surface area contributed by atoms with Crippen LogP contribution < -0.4 is 5.73 Å². The van der Waals surface area contributed by atoms with Gasteiger partial charge < -0.3 is 15.5 Å². The van der Waals surface area contributed by atoms with Gasteiger partial charge in [0.25, 0.3) is 0 Å². The minimum absolute atomic E-state index is 0.0794. The van der Waals surface area contributed by atoms with Crippen molar-refractivity contribution in [1.29, 1.82) is 0 Å². The number of carbonyl (C=O) groups is 1. The normalized spacial score (nSPS) is 18.2. The fraction of sp³-hybridized carbons (Fsp3) is 0.611. The number of nitrogen functional groups attached to an aromatic ring is 1. The maximum atomic E-state index is 12.0. The monoisotopic (exact) mass is 374 g/mol. The van der Waals surface area contributed by atoms with E-state index >= 15 is 0 Å². The highest BCUT2D eigenvalue weighted by Gasteiger charge is 2.24. The van der Waals surface area contributed by atoms with Crippen molar-refractivity contribution in [3.8, 4) is 0 Å². The summed E-state index contributed by atoms with van der Waals surface area (Å²) in [5, 5.41) is 1.09. The van der Waals surface area contributed by atoms with Crippen molar-refractivity contribution < 1.29 is 4.79 Å². The molecule has 3 heterocycles. The molecule has 1 saturated heterocycles. The Morgan fingerprint density at radius 3 is 2.62 bits per heavy atom. The molecular formula is C18H26N6OS. The minimum Gasteiger partial charge on any atom is -0.383 e. The van der Waals surface area contributed by atoms with Gasteiger partial charge in [0.05, 0.1) is 11.9 Å². The number of rotatable bonds is 2. The number of thiophene rings is 1. The van der Waals surface area contributed by atoms with Crippen molar-refractivity contribution in [1.82, 2.24) is 24.7 Å². The van der Waals surface area contributed by atoms with Crippen molar-refractivity contribution in [3.05, 3.63) is 16.3 Å². The van der Waals surface area contributed by atoms with Crippen molar-refractivity contribution >= 4 is 33.4 Å². The van der Waals surface area contributed by atoms with Gasteiger partial charge in [-0.15, -0.1) is 11.3 Å². The fourth-order valence-corrected chi connectivity index (χ4v) is 5.17. The third kappa shape index (κ3) is 3.23. The summed E-state index contributed by atoms with van der Waals surface area (Å²) in [6, 6.07) is 0.0794. The van der Waals surface area contributed by atoms with Gasteiger partial charge in [-0.05, 0) is 31.2 Å². The van der Waals surface area contributed by atoms with E-state index in [1.54, 1.807) is 30.3 Å². The molecule has 2 N–H and O–H groups in total. The molecule has 0 radical (unpaired) electrons. The molecule has 0 unspecified atom stereocenters. The molecule has 1 aliphatic carbocycles. The summed E-state index contributed by atoms with van der Waals surface area (Å²) in [7, 11) is 3.59. The van der Waals surface area contributed by atoms with Crippen molar-refractivity contribution in [2.45, 2.75) is 32.2 Å². The number of hydrogen-bond donors (Lipinski definition) is 1. The van der Waals surface area contributed by atoms with Crippen molar-refractivity contribution in [2.24, 2.45) is 0 Å². The van der Waals surface area contributed by atoms with E-state index in [1.165, 1.54) is 23.3 Å². The lowest BCUT2D eigenvalue weighted by Crippen LogP contribution is -2.51. The van der Waals surface area contributed by atoms with Crippen molar-refractivity contribution in [2.75, 3.05) is 46.0 Å². The highest BCUT2D eigenvalue weighted by atomic mass is 32.1. The Bertz CT molecular complexity index is 825. The number of carbonyl (C=O) groups excluding carboxylic acids is 1. The Hall–Kier alpha value is -1.93. The molecule has 2 aromatic rings. The third-order valence-electron chi connectivity index (χ3n) is 5.28. The zero-order valence-corrected chi connectivity index (χ0v) is 16.3. The summed E-state index contributed by atoms with van der Waals surface area (Å²) in [5.74, 6) is 1.42. The van der Waals surface area contributed by atoms with Gasteiger partial charge in [0.15, 0.2) is 0 Å². The van der Waals surface area contributed by atoms with Crippen molar-refractivity contribution in [3.63, 3.8) is 0 Å². The van der Waals surface area contributed by atoms with Crippen LogP contribution in [0.1, 0.15) is 29.1 Å². The van der Waals surface area contributed by atoms with E-state index in [0.717, 1.165) is 55.1 Å². The summed E-state index contributed by atoms with van der Waals surface area (Å²) in [6.45, 7) is 3.83. The lowest BCUT2D eigenvalue weighted by atomic mass is 9.97. The number of anilines is 1. The van der Waals surface area contributed by atoms with E-state index < -0.39 is 0 Å². The number of hydrogen-bond acceptors (Lipinski definition) is 6. The Kier molecular flexibility index (Phi) is 4.71. The number of aromatic nitrogens is 2. The average molecular weight is 375 g/mol. The van der Waals surface area contributed by atoms with E-state index in [2.05, 4.69) is 9.88 Å². The molecule has 140 valence electrons. The number of fused-ring (bicyclic) bond motifs is 3. The molecule has 0 bridgehead atoms. The SMILES string of the molecule is CN(C)C(=O)N1CCN(Cc2nc(N)c3c4c(sc3n2)CCCC4)CC1. The first-order valence-corrected chi connectivity index (χ1v) is 10.1. The molecule has 1 aliphatic heterocycles. The van der Waals surface area contributed by atoms with Crippen LogP contribution in [-0.2, 0) is 19.4 Å². The Morgan fingerprint density at radius 2 is 1.88 bits per heavy atom. The van der Waals surface area contributed by atoms with E-state index in [0.29, 0.717) is 12.4 Å². The lowest BCUT2D eigenvalue weighted by molar-refractivity contribution is 0.118. The van der Waals surface area contributed by atoms with Crippen LogP contribution in [0.4, 0.5) is 10.6 Å². The van der Waals surface area contributed by atoms with E-state index in [-0.39, 0.29) is 6.03 Å². The Balaban J connectivity index is 1.48. The first kappa shape index (κ1) is 17.5. The third-order valence-corrected chi connectivity index (χ3v) is 6.47. The molecule has 2 aromatic heterocycles. The number of piperazine rings is 1. The summed E-state index contributed by atoms with van der Waals surface area (Å²) in [4.78, 5) is 29.8. The van der Waals surface area contributed by atoms with Gasteiger partial charge in [-0.2, -0.15) is 0 Å². The highest BCUT2D eigenvalue weighted by molar-refractivity contribution is 7.19.